The van der Waals surface area contributed by atoms with E-state index < -0.39 is 0 Å². The maximum atomic E-state index is 13.3. The van der Waals surface area contributed by atoms with E-state index in [9.17, 15) is 4.79 Å². The summed E-state index contributed by atoms with van der Waals surface area (Å²) in [6.45, 7) is 3.63. The standard InChI is InChI=1S/C21H21N7O2/c1-13-11-14(5-7-22-13)16-3-4-17-19(25-16)28(15-6-10-27(17)12-15)21(29)26-18-20(30-2)24-9-8-23-18/h3-5,7-9,11,15H,6,10,12H2,1-2H3,(H,23,26,29)/t15-/m0/s1. The zero-order valence-electron chi connectivity index (χ0n) is 16.7. The molecule has 2 aliphatic heterocycles. The average Bonchev–Trinajstić information content (AvgIpc) is 3.18. The van der Waals surface area contributed by atoms with Gasteiger partial charge in [0, 0.05) is 42.9 Å². The van der Waals surface area contributed by atoms with E-state index >= 15 is 0 Å². The minimum atomic E-state index is -0.294. The third-order valence-corrected chi connectivity index (χ3v) is 5.45. The molecule has 5 rings (SSSR count). The third kappa shape index (κ3) is 3.08. The first-order valence-electron chi connectivity index (χ1n) is 9.78. The van der Waals surface area contributed by atoms with Crippen molar-refractivity contribution in [2.45, 2.75) is 19.4 Å². The molecule has 30 heavy (non-hydrogen) atoms. The maximum Gasteiger partial charge on any atom is 0.329 e. The zero-order chi connectivity index (χ0) is 20.7. The fourth-order valence-corrected chi connectivity index (χ4v) is 4.06. The molecular weight excluding hydrogens is 382 g/mol. The van der Waals surface area contributed by atoms with Crippen LogP contribution in [0.15, 0.2) is 42.9 Å². The Balaban J connectivity index is 1.54. The molecule has 3 aromatic heterocycles. The van der Waals surface area contributed by atoms with Crippen LogP contribution in [0.3, 0.4) is 0 Å². The first-order valence-corrected chi connectivity index (χ1v) is 9.78. The van der Waals surface area contributed by atoms with Crippen molar-refractivity contribution in [2.75, 3.05) is 35.3 Å². The number of hydrogen-bond donors (Lipinski definition) is 1. The molecule has 0 spiro atoms. The topological polar surface area (TPSA) is 96.4 Å². The van der Waals surface area contributed by atoms with Gasteiger partial charge in [0.1, 0.15) is 0 Å². The van der Waals surface area contributed by atoms with Gasteiger partial charge in [-0.3, -0.25) is 15.2 Å². The molecule has 0 saturated carbocycles. The Morgan fingerprint density at radius 3 is 2.87 bits per heavy atom. The number of hydrogen-bond acceptors (Lipinski definition) is 7. The van der Waals surface area contributed by atoms with Crippen LogP contribution < -0.4 is 19.9 Å². The second kappa shape index (κ2) is 7.25. The summed E-state index contributed by atoms with van der Waals surface area (Å²) in [5, 5.41) is 2.84. The highest BCUT2D eigenvalue weighted by Crippen LogP contribution is 2.40. The molecule has 2 bridgehead atoms. The van der Waals surface area contributed by atoms with E-state index in [1.54, 1.807) is 11.1 Å². The fourth-order valence-electron chi connectivity index (χ4n) is 4.06. The molecular formula is C21H21N7O2. The number of carbonyl (C=O) groups is 1. The smallest absolute Gasteiger partial charge is 0.329 e. The van der Waals surface area contributed by atoms with Gasteiger partial charge in [-0.1, -0.05) is 0 Å². The van der Waals surface area contributed by atoms with Crippen LogP contribution in [0.1, 0.15) is 12.1 Å². The lowest BCUT2D eigenvalue weighted by Crippen LogP contribution is -2.48. The lowest BCUT2D eigenvalue weighted by atomic mass is 10.1. The Morgan fingerprint density at radius 1 is 1.17 bits per heavy atom. The van der Waals surface area contributed by atoms with Crippen molar-refractivity contribution in [2.24, 2.45) is 0 Å². The summed E-state index contributed by atoms with van der Waals surface area (Å²) in [7, 11) is 1.50. The molecule has 0 aromatic carbocycles. The van der Waals surface area contributed by atoms with Crippen LogP contribution in [-0.4, -0.2) is 52.2 Å². The predicted octanol–water partition coefficient (Wildman–Crippen LogP) is 2.88. The summed E-state index contributed by atoms with van der Waals surface area (Å²) in [5.41, 5.74) is 3.64. The van der Waals surface area contributed by atoms with Crippen LogP contribution in [0.25, 0.3) is 11.3 Å². The quantitative estimate of drug-likeness (QED) is 0.718. The third-order valence-electron chi connectivity index (χ3n) is 5.45. The Labute approximate surface area is 173 Å². The highest BCUT2D eigenvalue weighted by Gasteiger charge is 2.40. The van der Waals surface area contributed by atoms with E-state index in [0.717, 1.165) is 42.1 Å². The van der Waals surface area contributed by atoms with Crippen LogP contribution in [0.4, 0.5) is 22.1 Å². The summed E-state index contributed by atoms with van der Waals surface area (Å²) < 4.78 is 5.22. The largest absolute Gasteiger partial charge is 0.478 e. The van der Waals surface area contributed by atoms with Gasteiger partial charge in [0.05, 0.1) is 24.5 Å². The minimum absolute atomic E-state index is 0.0436. The van der Waals surface area contributed by atoms with E-state index in [1.807, 2.05) is 31.2 Å². The Hall–Kier alpha value is -3.75. The molecule has 0 radical (unpaired) electrons. The molecule has 0 unspecified atom stereocenters. The first kappa shape index (κ1) is 18.3. The van der Waals surface area contributed by atoms with Gasteiger partial charge in [-0.05, 0) is 37.6 Å². The van der Waals surface area contributed by atoms with Crippen LogP contribution in [0, 0.1) is 6.92 Å². The van der Waals surface area contributed by atoms with E-state index in [4.69, 9.17) is 9.72 Å². The number of pyridine rings is 2. The molecule has 152 valence electrons. The van der Waals surface area contributed by atoms with Crippen LogP contribution in [0.5, 0.6) is 5.88 Å². The summed E-state index contributed by atoms with van der Waals surface area (Å²) in [4.78, 5) is 34.8. The van der Waals surface area contributed by atoms with Gasteiger partial charge in [0.25, 0.3) is 5.88 Å². The van der Waals surface area contributed by atoms with Crippen molar-refractivity contribution in [1.82, 2.24) is 19.9 Å². The van der Waals surface area contributed by atoms with Gasteiger partial charge in [0.15, 0.2) is 11.6 Å². The Morgan fingerprint density at radius 2 is 2.03 bits per heavy atom. The van der Waals surface area contributed by atoms with Crippen molar-refractivity contribution >= 4 is 23.4 Å². The monoisotopic (exact) mass is 403 g/mol. The molecule has 2 aliphatic rings. The van der Waals surface area contributed by atoms with E-state index in [-0.39, 0.29) is 23.8 Å². The number of aryl methyl sites for hydroxylation is 1. The Kier molecular flexibility index (Phi) is 4.42. The number of aromatic nitrogens is 4. The number of anilines is 3. The highest BCUT2D eigenvalue weighted by atomic mass is 16.5. The molecule has 0 aliphatic carbocycles. The molecule has 2 amide bonds. The lowest BCUT2D eigenvalue weighted by Gasteiger charge is -2.35. The van der Waals surface area contributed by atoms with E-state index in [0.29, 0.717) is 5.82 Å². The van der Waals surface area contributed by atoms with Crippen molar-refractivity contribution in [3.63, 3.8) is 0 Å². The first-order chi connectivity index (χ1) is 14.6. The SMILES string of the molecule is COc1nccnc1NC(=O)N1c2nc(-c3ccnc(C)c3)ccc2N2CC[C@H]1C2. The maximum absolute atomic E-state index is 13.3. The summed E-state index contributed by atoms with van der Waals surface area (Å²) in [6.07, 6.45) is 5.68. The predicted molar refractivity (Wildman–Crippen MR) is 113 cm³/mol. The second-order valence-corrected chi connectivity index (χ2v) is 7.33. The normalized spacial score (nSPS) is 16.9. The molecule has 1 saturated heterocycles. The Bertz CT molecular complexity index is 1120. The van der Waals surface area contributed by atoms with E-state index in [2.05, 4.69) is 25.2 Å². The van der Waals surface area contributed by atoms with Crippen LogP contribution in [-0.2, 0) is 0 Å². The number of fused-ring (bicyclic) bond motifs is 4. The zero-order valence-corrected chi connectivity index (χ0v) is 16.7. The molecule has 1 fully saturated rings. The number of ether oxygens (including phenoxy) is 1. The number of urea groups is 1. The van der Waals surface area contributed by atoms with E-state index in [1.165, 1.54) is 19.5 Å². The second-order valence-electron chi connectivity index (χ2n) is 7.33. The lowest BCUT2D eigenvalue weighted by molar-refractivity contribution is 0.254. The van der Waals surface area contributed by atoms with Gasteiger partial charge in [0.2, 0.25) is 0 Å². The van der Waals surface area contributed by atoms with Crippen molar-refractivity contribution in [1.29, 1.82) is 0 Å². The minimum Gasteiger partial charge on any atom is -0.478 e. The van der Waals surface area contributed by atoms with Crippen molar-refractivity contribution in [3.05, 3.63) is 48.5 Å². The van der Waals surface area contributed by atoms with Gasteiger partial charge in [-0.15, -0.1) is 0 Å². The number of methoxy groups -OCH3 is 1. The molecule has 9 heteroatoms. The van der Waals surface area contributed by atoms with Gasteiger partial charge < -0.3 is 9.64 Å². The number of amides is 2. The average molecular weight is 403 g/mol. The summed E-state index contributed by atoms with van der Waals surface area (Å²) >= 11 is 0. The summed E-state index contributed by atoms with van der Waals surface area (Å²) in [6, 6.07) is 7.70. The fraction of sp³-hybridized carbons (Fsp3) is 0.286. The van der Waals surface area contributed by atoms with Crippen LogP contribution in [0.2, 0.25) is 0 Å². The highest BCUT2D eigenvalue weighted by molar-refractivity contribution is 6.04. The van der Waals surface area contributed by atoms with Gasteiger partial charge >= 0.3 is 6.03 Å². The number of nitrogens with one attached hydrogen (secondary N) is 1. The van der Waals surface area contributed by atoms with Gasteiger partial charge in [-0.2, -0.15) is 0 Å². The summed E-state index contributed by atoms with van der Waals surface area (Å²) in [5.74, 6) is 1.20. The molecule has 1 N–H and O–H groups in total. The number of rotatable bonds is 3. The molecule has 3 aromatic rings. The van der Waals surface area contributed by atoms with Crippen molar-refractivity contribution in [3.8, 4) is 17.1 Å². The number of carbonyl (C=O) groups excluding carboxylic acids is 1. The van der Waals surface area contributed by atoms with Gasteiger partial charge in [-0.25, -0.2) is 19.7 Å². The number of nitrogens with zero attached hydrogens (tertiary/aromatic N) is 6. The molecule has 9 nitrogen and oxygen atoms in total. The van der Waals surface area contributed by atoms with Crippen LogP contribution >= 0.6 is 0 Å². The molecule has 5 heterocycles. The van der Waals surface area contributed by atoms with Crippen molar-refractivity contribution < 1.29 is 9.53 Å². The molecule has 1 atom stereocenters.